The predicted molar refractivity (Wildman–Crippen MR) is 101 cm³/mol. The number of nitrogens with one attached hydrogen (secondary N) is 1. The van der Waals surface area contributed by atoms with Crippen molar-refractivity contribution in [2.75, 3.05) is 12.4 Å². The molecule has 0 bridgehead atoms. The van der Waals surface area contributed by atoms with Crippen LogP contribution in [0.5, 0.6) is 0 Å². The van der Waals surface area contributed by atoms with Gasteiger partial charge in [-0.1, -0.05) is 29.8 Å². The molecule has 0 fully saturated rings. The fraction of sp³-hybridized carbons (Fsp3) is 0.263. The van der Waals surface area contributed by atoms with Gasteiger partial charge in [0.2, 0.25) is 0 Å². The fourth-order valence-electron chi connectivity index (χ4n) is 2.19. The number of halogens is 2. The molecule has 0 spiro atoms. The summed E-state index contributed by atoms with van der Waals surface area (Å²) in [6.07, 6.45) is 0.162. The highest BCUT2D eigenvalue weighted by Gasteiger charge is 2.14. The van der Waals surface area contributed by atoms with Crippen molar-refractivity contribution in [3.8, 4) is 0 Å². The maximum absolute atomic E-state index is 12.8. The van der Waals surface area contributed by atoms with Crippen molar-refractivity contribution in [1.82, 2.24) is 5.32 Å². The van der Waals surface area contributed by atoms with E-state index in [1.165, 1.54) is 23.9 Å². The summed E-state index contributed by atoms with van der Waals surface area (Å²) in [7, 11) is 0. The van der Waals surface area contributed by atoms with Crippen LogP contribution in [0.4, 0.5) is 4.39 Å². The van der Waals surface area contributed by atoms with Gasteiger partial charge in [0.05, 0.1) is 12.5 Å². The summed E-state index contributed by atoms with van der Waals surface area (Å²) in [6.45, 7) is 1.47. The summed E-state index contributed by atoms with van der Waals surface area (Å²) < 4.78 is 17.8. The number of amides is 1. The molecular formula is C19H19ClFNO3S. The van der Waals surface area contributed by atoms with Crippen molar-refractivity contribution in [1.29, 1.82) is 0 Å². The van der Waals surface area contributed by atoms with Crippen molar-refractivity contribution in [2.24, 2.45) is 0 Å². The molecule has 0 aliphatic carbocycles. The molecule has 26 heavy (non-hydrogen) atoms. The van der Waals surface area contributed by atoms with Gasteiger partial charge in [0, 0.05) is 15.7 Å². The van der Waals surface area contributed by atoms with Gasteiger partial charge in [-0.3, -0.25) is 9.59 Å². The van der Waals surface area contributed by atoms with Crippen molar-refractivity contribution in [2.45, 2.75) is 24.3 Å². The van der Waals surface area contributed by atoms with E-state index in [2.05, 4.69) is 5.32 Å². The molecule has 0 aliphatic rings. The molecule has 1 atom stereocenters. The highest BCUT2D eigenvalue weighted by molar-refractivity contribution is 7.99. The first-order chi connectivity index (χ1) is 12.5. The third kappa shape index (κ3) is 6.69. The van der Waals surface area contributed by atoms with Gasteiger partial charge in [0.1, 0.15) is 5.82 Å². The summed E-state index contributed by atoms with van der Waals surface area (Å²) in [5.41, 5.74) is 0.796. The standard InChI is InChI=1S/C19H19ClFNO3S/c1-13(16-4-2-3-5-17(16)20)22-18(23)12-25-19(24)10-11-26-15-8-6-14(21)7-9-15/h2-9,13H,10-12H2,1H3,(H,22,23)/t13-/m1/s1. The molecule has 0 aliphatic heterocycles. The zero-order chi connectivity index (χ0) is 18.9. The van der Waals surface area contributed by atoms with E-state index in [0.29, 0.717) is 10.8 Å². The van der Waals surface area contributed by atoms with Crippen LogP contribution in [-0.4, -0.2) is 24.2 Å². The van der Waals surface area contributed by atoms with Gasteiger partial charge in [0.15, 0.2) is 6.61 Å². The average Bonchev–Trinajstić information content (AvgIpc) is 2.62. The second-order valence-corrected chi connectivity index (χ2v) is 7.10. The van der Waals surface area contributed by atoms with E-state index in [-0.39, 0.29) is 24.9 Å². The van der Waals surface area contributed by atoms with Crippen LogP contribution >= 0.6 is 23.4 Å². The van der Waals surface area contributed by atoms with Crippen LogP contribution in [0, 0.1) is 5.82 Å². The van der Waals surface area contributed by atoms with Gasteiger partial charge in [-0.2, -0.15) is 0 Å². The monoisotopic (exact) mass is 395 g/mol. The van der Waals surface area contributed by atoms with Gasteiger partial charge >= 0.3 is 5.97 Å². The van der Waals surface area contributed by atoms with Crippen molar-refractivity contribution >= 4 is 35.2 Å². The Labute approximate surface area is 161 Å². The van der Waals surface area contributed by atoms with Crippen LogP contribution in [0.3, 0.4) is 0 Å². The van der Waals surface area contributed by atoms with Crippen molar-refractivity contribution < 1.29 is 18.7 Å². The van der Waals surface area contributed by atoms with Gasteiger partial charge in [-0.15, -0.1) is 11.8 Å². The first-order valence-corrected chi connectivity index (χ1v) is 9.40. The molecule has 2 aromatic carbocycles. The summed E-state index contributed by atoms with van der Waals surface area (Å²) >= 11 is 7.51. The number of esters is 1. The first-order valence-electron chi connectivity index (χ1n) is 8.03. The minimum atomic E-state index is -0.458. The maximum atomic E-state index is 12.8. The molecular weight excluding hydrogens is 377 g/mol. The molecule has 2 aromatic rings. The summed E-state index contributed by atoms with van der Waals surface area (Å²) in [5.74, 6) is -0.662. The number of carbonyl (C=O) groups is 2. The zero-order valence-electron chi connectivity index (χ0n) is 14.2. The third-order valence-corrected chi connectivity index (χ3v) is 4.86. The Bertz CT molecular complexity index is 755. The maximum Gasteiger partial charge on any atom is 0.307 e. The highest BCUT2D eigenvalue weighted by atomic mass is 35.5. The SMILES string of the molecule is C[C@@H](NC(=O)COC(=O)CCSc1ccc(F)cc1)c1ccccc1Cl. The Morgan fingerprint density at radius 3 is 2.58 bits per heavy atom. The van der Waals surface area contributed by atoms with Crippen molar-refractivity contribution in [3.63, 3.8) is 0 Å². The number of hydrogen-bond donors (Lipinski definition) is 1. The lowest BCUT2D eigenvalue weighted by Gasteiger charge is -2.15. The van der Waals surface area contributed by atoms with E-state index in [0.717, 1.165) is 10.5 Å². The second kappa shape index (κ2) is 10.2. The number of hydrogen-bond acceptors (Lipinski definition) is 4. The lowest BCUT2D eigenvalue weighted by Crippen LogP contribution is -2.31. The van der Waals surface area contributed by atoms with E-state index < -0.39 is 11.9 Å². The Balaban J connectivity index is 1.67. The minimum absolute atomic E-state index is 0.162. The highest BCUT2D eigenvalue weighted by Crippen LogP contribution is 2.22. The number of rotatable bonds is 8. The van der Waals surface area contributed by atoms with Gasteiger partial charge in [-0.25, -0.2) is 4.39 Å². The second-order valence-electron chi connectivity index (χ2n) is 5.52. The Morgan fingerprint density at radius 1 is 1.19 bits per heavy atom. The van der Waals surface area contributed by atoms with Crippen LogP contribution in [0.25, 0.3) is 0 Å². The zero-order valence-corrected chi connectivity index (χ0v) is 15.8. The number of carbonyl (C=O) groups excluding carboxylic acids is 2. The third-order valence-electron chi connectivity index (χ3n) is 3.50. The molecule has 0 unspecified atom stereocenters. The van der Waals surface area contributed by atoms with E-state index in [9.17, 15) is 14.0 Å². The van der Waals surface area contributed by atoms with E-state index in [1.54, 1.807) is 25.1 Å². The Hall–Kier alpha value is -2.05. The molecule has 4 nitrogen and oxygen atoms in total. The van der Waals surface area contributed by atoms with Gasteiger partial charge in [0.25, 0.3) is 5.91 Å². The Morgan fingerprint density at radius 2 is 1.88 bits per heavy atom. The topological polar surface area (TPSA) is 55.4 Å². The lowest BCUT2D eigenvalue weighted by atomic mass is 10.1. The summed E-state index contributed by atoms with van der Waals surface area (Å²) in [5, 5.41) is 3.30. The van der Waals surface area contributed by atoms with Gasteiger partial charge < -0.3 is 10.1 Å². The van der Waals surface area contributed by atoms with E-state index in [1.807, 2.05) is 18.2 Å². The minimum Gasteiger partial charge on any atom is -0.456 e. The average molecular weight is 396 g/mol. The van der Waals surface area contributed by atoms with Crippen LogP contribution < -0.4 is 5.32 Å². The van der Waals surface area contributed by atoms with Crippen molar-refractivity contribution in [3.05, 3.63) is 64.9 Å². The quantitative estimate of drug-likeness (QED) is 0.532. The molecule has 0 saturated heterocycles. The number of benzene rings is 2. The fourth-order valence-corrected chi connectivity index (χ4v) is 3.32. The molecule has 138 valence electrons. The lowest BCUT2D eigenvalue weighted by molar-refractivity contribution is -0.148. The van der Waals surface area contributed by atoms with E-state index >= 15 is 0 Å². The molecule has 0 saturated carbocycles. The van der Waals surface area contributed by atoms with Crippen LogP contribution in [0.15, 0.2) is 53.4 Å². The van der Waals surface area contributed by atoms with Crippen LogP contribution in [0.2, 0.25) is 5.02 Å². The first kappa shape index (κ1) is 20.3. The van der Waals surface area contributed by atoms with E-state index in [4.69, 9.17) is 16.3 Å². The van der Waals surface area contributed by atoms with Crippen LogP contribution in [-0.2, 0) is 14.3 Å². The smallest absolute Gasteiger partial charge is 0.307 e. The molecule has 0 heterocycles. The summed E-state index contributed by atoms with van der Waals surface area (Å²) in [6, 6.07) is 13.0. The predicted octanol–water partition coefficient (Wildman–Crippen LogP) is 4.38. The molecule has 0 radical (unpaired) electrons. The number of ether oxygens (including phenoxy) is 1. The molecule has 1 N–H and O–H groups in total. The molecule has 1 amide bonds. The summed E-state index contributed by atoms with van der Waals surface area (Å²) in [4.78, 5) is 24.5. The Kier molecular flexibility index (Phi) is 7.94. The largest absolute Gasteiger partial charge is 0.456 e. The molecule has 0 aromatic heterocycles. The number of thioether (sulfide) groups is 1. The normalized spacial score (nSPS) is 11.7. The van der Waals surface area contributed by atoms with Gasteiger partial charge in [-0.05, 0) is 42.8 Å². The molecule has 7 heteroatoms. The van der Waals surface area contributed by atoms with Crippen LogP contribution in [0.1, 0.15) is 24.9 Å². The molecule has 2 rings (SSSR count).